The van der Waals surface area contributed by atoms with Crippen molar-refractivity contribution < 1.29 is 9.26 Å². The van der Waals surface area contributed by atoms with E-state index in [0.717, 1.165) is 17.9 Å². The number of benzene rings is 2. The van der Waals surface area contributed by atoms with Gasteiger partial charge in [0.05, 0.1) is 13.7 Å². The zero-order valence-electron chi connectivity index (χ0n) is 15.2. The van der Waals surface area contributed by atoms with Gasteiger partial charge in [0.25, 0.3) is 0 Å². The van der Waals surface area contributed by atoms with Crippen LogP contribution in [0.25, 0.3) is 11.4 Å². The molecule has 0 unspecified atom stereocenters. The van der Waals surface area contributed by atoms with Gasteiger partial charge in [0.1, 0.15) is 5.75 Å². The molecule has 0 saturated heterocycles. The molecule has 2 aromatic carbocycles. The smallest absolute Gasteiger partial charge is 0.241 e. The molecular formula is C21H23N3O2. The molecule has 0 aliphatic heterocycles. The third kappa shape index (κ3) is 3.94. The highest BCUT2D eigenvalue weighted by atomic mass is 16.5. The van der Waals surface area contributed by atoms with Gasteiger partial charge in [0.2, 0.25) is 11.7 Å². The van der Waals surface area contributed by atoms with Crippen LogP contribution in [-0.2, 0) is 13.1 Å². The highest BCUT2D eigenvalue weighted by Gasteiger charge is 2.30. The third-order valence-corrected chi connectivity index (χ3v) is 4.72. The molecule has 1 heterocycles. The second-order valence-corrected chi connectivity index (χ2v) is 6.86. The summed E-state index contributed by atoms with van der Waals surface area (Å²) in [6, 6.07) is 17.0. The lowest BCUT2D eigenvalue weighted by molar-refractivity contribution is 0.209. The number of hydrogen-bond acceptors (Lipinski definition) is 5. The Bertz CT molecular complexity index is 852. The van der Waals surface area contributed by atoms with Gasteiger partial charge in [-0.25, -0.2) is 0 Å². The summed E-state index contributed by atoms with van der Waals surface area (Å²) in [6.07, 6.45) is 2.48. The van der Waals surface area contributed by atoms with E-state index < -0.39 is 0 Å². The maximum absolute atomic E-state index is 5.51. The molecule has 0 spiro atoms. The largest absolute Gasteiger partial charge is 0.497 e. The predicted octanol–water partition coefficient (Wildman–Crippen LogP) is 4.22. The molecule has 0 atom stereocenters. The van der Waals surface area contributed by atoms with Crippen molar-refractivity contribution in [3.63, 3.8) is 0 Å². The van der Waals surface area contributed by atoms with Crippen molar-refractivity contribution in [1.29, 1.82) is 0 Å². The van der Waals surface area contributed by atoms with Crippen LogP contribution in [0.5, 0.6) is 5.75 Å². The van der Waals surface area contributed by atoms with Crippen LogP contribution in [0.1, 0.15) is 29.9 Å². The van der Waals surface area contributed by atoms with Gasteiger partial charge in [-0.15, -0.1) is 0 Å². The van der Waals surface area contributed by atoms with Gasteiger partial charge in [0, 0.05) is 18.2 Å². The first kappa shape index (κ1) is 16.8. The molecule has 5 nitrogen and oxygen atoms in total. The van der Waals surface area contributed by atoms with Gasteiger partial charge < -0.3 is 9.26 Å². The Morgan fingerprint density at radius 2 is 1.77 bits per heavy atom. The summed E-state index contributed by atoms with van der Waals surface area (Å²) in [4.78, 5) is 7.01. The fraction of sp³-hybridized carbons (Fsp3) is 0.333. The average molecular weight is 349 g/mol. The van der Waals surface area contributed by atoms with Crippen LogP contribution in [0.4, 0.5) is 0 Å². The number of nitrogens with zero attached hydrogens (tertiary/aromatic N) is 3. The van der Waals surface area contributed by atoms with E-state index in [1.807, 2.05) is 24.3 Å². The highest BCUT2D eigenvalue weighted by molar-refractivity contribution is 5.55. The second kappa shape index (κ2) is 7.30. The van der Waals surface area contributed by atoms with E-state index in [0.29, 0.717) is 24.3 Å². The van der Waals surface area contributed by atoms with E-state index in [9.17, 15) is 0 Å². The maximum Gasteiger partial charge on any atom is 0.241 e. The molecular weight excluding hydrogens is 326 g/mol. The predicted molar refractivity (Wildman–Crippen MR) is 99.7 cm³/mol. The molecule has 5 heteroatoms. The fourth-order valence-electron chi connectivity index (χ4n) is 3.03. The van der Waals surface area contributed by atoms with Gasteiger partial charge in [-0.05, 0) is 49.6 Å². The summed E-state index contributed by atoms with van der Waals surface area (Å²) in [7, 11) is 1.65. The number of methoxy groups -OCH3 is 1. The van der Waals surface area contributed by atoms with E-state index in [4.69, 9.17) is 9.26 Å². The van der Waals surface area contributed by atoms with Crippen LogP contribution in [0.2, 0.25) is 0 Å². The molecule has 1 fully saturated rings. The minimum Gasteiger partial charge on any atom is -0.497 e. The zero-order chi connectivity index (χ0) is 17.9. The standard InChI is InChI=1S/C21H23N3O2/c1-15-3-5-16(6-4-15)13-24(18-9-10-18)14-20-22-21(23-26-20)17-7-11-19(25-2)12-8-17/h3-8,11-12,18H,9-10,13-14H2,1-2H3. The number of aryl methyl sites for hydroxylation is 1. The molecule has 1 aliphatic carbocycles. The van der Waals surface area contributed by atoms with Gasteiger partial charge >= 0.3 is 0 Å². The lowest BCUT2D eigenvalue weighted by Gasteiger charge is -2.20. The minimum atomic E-state index is 0.618. The Morgan fingerprint density at radius 3 is 2.42 bits per heavy atom. The number of rotatable bonds is 7. The number of ether oxygens (including phenoxy) is 1. The quantitative estimate of drug-likeness (QED) is 0.639. The molecule has 0 bridgehead atoms. The van der Waals surface area contributed by atoms with Crippen molar-refractivity contribution in [2.75, 3.05) is 7.11 Å². The molecule has 1 aliphatic rings. The first-order valence-corrected chi connectivity index (χ1v) is 8.98. The summed E-state index contributed by atoms with van der Waals surface area (Å²) in [5.41, 5.74) is 3.53. The van der Waals surface area contributed by atoms with Crippen LogP contribution < -0.4 is 4.74 Å². The van der Waals surface area contributed by atoms with Gasteiger partial charge in [-0.2, -0.15) is 4.98 Å². The van der Waals surface area contributed by atoms with Crippen molar-refractivity contribution in [3.8, 4) is 17.1 Å². The first-order valence-electron chi connectivity index (χ1n) is 8.98. The molecule has 134 valence electrons. The summed E-state index contributed by atoms with van der Waals surface area (Å²) in [6.45, 7) is 3.70. The van der Waals surface area contributed by atoms with Crippen LogP contribution in [0, 0.1) is 6.92 Å². The summed E-state index contributed by atoms with van der Waals surface area (Å²) >= 11 is 0. The SMILES string of the molecule is COc1ccc(-c2noc(CN(Cc3ccc(C)cc3)C3CC3)n2)cc1. The summed E-state index contributed by atoms with van der Waals surface area (Å²) in [5, 5.41) is 4.14. The third-order valence-electron chi connectivity index (χ3n) is 4.72. The minimum absolute atomic E-state index is 0.618. The van der Waals surface area contributed by atoms with Crippen molar-refractivity contribution in [1.82, 2.24) is 15.0 Å². The Labute approximate surface area is 153 Å². The average Bonchev–Trinajstić information content (AvgIpc) is 3.42. The van der Waals surface area contributed by atoms with Crippen molar-refractivity contribution in [2.24, 2.45) is 0 Å². The Balaban J connectivity index is 1.46. The van der Waals surface area contributed by atoms with Crippen LogP contribution in [0.3, 0.4) is 0 Å². The maximum atomic E-state index is 5.51. The normalized spacial score (nSPS) is 14.0. The molecule has 1 saturated carbocycles. The van der Waals surface area contributed by atoms with Crippen molar-refractivity contribution in [3.05, 3.63) is 65.5 Å². The van der Waals surface area contributed by atoms with Gasteiger partial charge in [0.15, 0.2) is 0 Å². The lowest BCUT2D eigenvalue weighted by Crippen LogP contribution is -2.25. The molecule has 4 rings (SSSR count). The Hall–Kier alpha value is -2.66. The number of hydrogen-bond donors (Lipinski definition) is 0. The van der Waals surface area contributed by atoms with E-state index in [-0.39, 0.29) is 0 Å². The Morgan fingerprint density at radius 1 is 1.04 bits per heavy atom. The summed E-state index contributed by atoms with van der Waals surface area (Å²) in [5.74, 6) is 2.10. The fourth-order valence-corrected chi connectivity index (χ4v) is 3.03. The van der Waals surface area contributed by atoms with Gasteiger partial charge in [-0.3, -0.25) is 4.90 Å². The lowest BCUT2D eigenvalue weighted by atomic mass is 10.1. The second-order valence-electron chi connectivity index (χ2n) is 6.86. The van der Waals surface area contributed by atoms with Gasteiger partial charge in [-0.1, -0.05) is 35.0 Å². The monoisotopic (exact) mass is 349 g/mol. The number of aromatic nitrogens is 2. The Kier molecular flexibility index (Phi) is 4.71. The van der Waals surface area contributed by atoms with Crippen molar-refractivity contribution in [2.45, 2.75) is 38.9 Å². The van der Waals surface area contributed by atoms with Crippen LogP contribution >= 0.6 is 0 Å². The van der Waals surface area contributed by atoms with E-state index in [1.165, 1.54) is 24.0 Å². The van der Waals surface area contributed by atoms with E-state index in [1.54, 1.807) is 7.11 Å². The van der Waals surface area contributed by atoms with Crippen LogP contribution in [-0.4, -0.2) is 28.2 Å². The van der Waals surface area contributed by atoms with E-state index in [2.05, 4.69) is 46.2 Å². The first-order chi connectivity index (χ1) is 12.7. The molecule has 0 amide bonds. The zero-order valence-corrected chi connectivity index (χ0v) is 15.2. The molecule has 3 aromatic rings. The molecule has 0 N–H and O–H groups in total. The molecule has 0 radical (unpaired) electrons. The topological polar surface area (TPSA) is 51.4 Å². The highest BCUT2D eigenvalue weighted by Crippen LogP contribution is 2.30. The van der Waals surface area contributed by atoms with Crippen LogP contribution in [0.15, 0.2) is 53.1 Å². The van der Waals surface area contributed by atoms with E-state index >= 15 is 0 Å². The summed E-state index contributed by atoms with van der Waals surface area (Å²) < 4.78 is 10.7. The molecule has 1 aromatic heterocycles. The molecule has 26 heavy (non-hydrogen) atoms. The van der Waals surface area contributed by atoms with Crippen molar-refractivity contribution >= 4 is 0 Å².